The van der Waals surface area contributed by atoms with Crippen LogP contribution in [-0.4, -0.2) is 20.5 Å². The number of pyridine rings is 1. The van der Waals surface area contributed by atoms with Crippen molar-refractivity contribution >= 4 is 17.1 Å². The van der Waals surface area contributed by atoms with E-state index in [0.717, 1.165) is 0 Å². The highest BCUT2D eigenvalue weighted by Gasteiger charge is 2.17. The number of carbonyl (C=O) groups is 1. The minimum absolute atomic E-state index is 0.286. The smallest absolute Gasteiger partial charge is 0.340 e. The maximum Gasteiger partial charge on any atom is 0.340 e. The van der Waals surface area contributed by atoms with E-state index in [1.807, 2.05) is 7.05 Å². The average Bonchev–Trinajstić information content (AvgIpc) is 2.88. The molecule has 5 nitrogen and oxygen atoms in total. The molecule has 1 atom stereocenters. The van der Waals surface area contributed by atoms with E-state index < -0.39 is 17.9 Å². The fraction of sp³-hybridized carbons (Fsp3) is 0.188. The molecule has 0 aliphatic carbocycles. The number of aryl methyl sites for hydroxylation is 1. The molecule has 0 spiro atoms. The van der Waals surface area contributed by atoms with Crippen molar-refractivity contribution in [3.8, 4) is 0 Å². The van der Waals surface area contributed by atoms with Crippen molar-refractivity contribution in [3.05, 3.63) is 59.8 Å². The molecular weight excluding hydrogens is 285 g/mol. The molecule has 0 bridgehead atoms. The number of nitrogens with zero attached hydrogens (tertiary/aromatic N) is 3. The van der Waals surface area contributed by atoms with Crippen LogP contribution in [0.3, 0.4) is 0 Å². The summed E-state index contributed by atoms with van der Waals surface area (Å²) in [6, 6.07) is 7.82. The maximum absolute atomic E-state index is 13.7. The SMILES string of the molecule is C[C@H](OC(=O)c1cnc2c(c1)ncn2C)c1ccccc1F. The summed E-state index contributed by atoms with van der Waals surface area (Å²) >= 11 is 0. The van der Waals surface area contributed by atoms with Crippen LogP contribution in [0.25, 0.3) is 11.2 Å². The van der Waals surface area contributed by atoms with Gasteiger partial charge in [-0.2, -0.15) is 0 Å². The van der Waals surface area contributed by atoms with Gasteiger partial charge in [0.2, 0.25) is 0 Å². The molecule has 0 N–H and O–H groups in total. The molecule has 6 heteroatoms. The highest BCUT2D eigenvalue weighted by molar-refractivity contribution is 5.92. The number of imidazole rings is 1. The predicted molar refractivity (Wildman–Crippen MR) is 78.7 cm³/mol. The summed E-state index contributed by atoms with van der Waals surface area (Å²) in [5.74, 6) is -0.961. The largest absolute Gasteiger partial charge is 0.454 e. The van der Waals surface area contributed by atoms with Gasteiger partial charge in [-0.1, -0.05) is 18.2 Å². The quantitative estimate of drug-likeness (QED) is 0.698. The lowest BCUT2D eigenvalue weighted by Crippen LogP contribution is -2.11. The number of hydrogen-bond acceptors (Lipinski definition) is 4. The van der Waals surface area contributed by atoms with Gasteiger partial charge < -0.3 is 9.30 Å². The molecule has 0 amide bonds. The third kappa shape index (κ3) is 2.55. The van der Waals surface area contributed by atoms with Gasteiger partial charge >= 0.3 is 5.97 Å². The van der Waals surface area contributed by atoms with Gasteiger partial charge in [0, 0.05) is 18.8 Å². The van der Waals surface area contributed by atoms with Crippen molar-refractivity contribution in [3.63, 3.8) is 0 Å². The van der Waals surface area contributed by atoms with Crippen molar-refractivity contribution in [1.29, 1.82) is 0 Å². The number of fused-ring (bicyclic) bond motifs is 1. The first kappa shape index (κ1) is 14.2. The summed E-state index contributed by atoms with van der Waals surface area (Å²) in [5.41, 5.74) is 1.91. The van der Waals surface area contributed by atoms with Crippen LogP contribution in [0.1, 0.15) is 28.9 Å². The Hall–Kier alpha value is -2.76. The third-order valence-electron chi connectivity index (χ3n) is 3.41. The second kappa shape index (κ2) is 5.55. The van der Waals surface area contributed by atoms with Crippen molar-refractivity contribution in [2.24, 2.45) is 7.05 Å². The van der Waals surface area contributed by atoms with Crippen LogP contribution in [0, 0.1) is 5.82 Å². The van der Waals surface area contributed by atoms with Crippen molar-refractivity contribution < 1.29 is 13.9 Å². The summed E-state index contributed by atoms with van der Waals surface area (Å²) in [7, 11) is 1.82. The van der Waals surface area contributed by atoms with Crippen LogP contribution in [0.4, 0.5) is 4.39 Å². The number of ether oxygens (including phenoxy) is 1. The van der Waals surface area contributed by atoms with Gasteiger partial charge in [0.25, 0.3) is 0 Å². The Morgan fingerprint density at radius 3 is 2.86 bits per heavy atom. The number of esters is 1. The maximum atomic E-state index is 13.7. The Kier molecular flexibility index (Phi) is 3.58. The summed E-state index contributed by atoms with van der Waals surface area (Å²) in [5, 5.41) is 0. The molecule has 3 rings (SSSR count). The molecule has 0 fully saturated rings. The van der Waals surface area contributed by atoms with E-state index in [-0.39, 0.29) is 5.56 Å². The van der Waals surface area contributed by atoms with E-state index in [9.17, 15) is 9.18 Å². The summed E-state index contributed by atoms with van der Waals surface area (Å²) in [6.07, 6.45) is 2.36. The lowest BCUT2D eigenvalue weighted by molar-refractivity contribution is 0.0331. The van der Waals surface area contributed by atoms with Crippen molar-refractivity contribution in [2.75, 3.05) is 0 Å². The van der Waals surface area contributed by atoms with Gasteiger partial charge in [-0.25, -0.2) is 19.2 Å². The zero-order valence-corrected chi connectivity index (χ0v) is 12.2. The van der Waals surface area contributed by atoms with Gasteiger partial charge in [0.05, 0.1) is 11.9 Å². The Bertz CT molecular complexity index is 844. The van der Waals surface area contributed by atoms with E-state index in [4.69, 9.17) is 4.74 Å². The van der Waals surface area contributed by atoms with E-state index in [2.05, 4.69) is 9.97 Å². The lowest BCUT2D eigenvalue weighted by atomic mass is 10.1. The molecule has 2 aromatic heterocycles. The first-order valence-electron chi connectivity index (χ1n) is 6.78. The average molecular weight is 299 g/mol. The zero-order chi connectivity index (χ0) is 15.7. The Morgan fingerprint density at radius 1 is 1.32 bits per heavy atom. The number of aromatic nitrogens is 3. The number of halogens is 1. The first-order valence-corrected chi connectivity index (χ1v) is 6.78. The normalized spacial score (nSPS) is 12.3. The monoisotopic (exact) mass is 299 g/mol. The Labute approximate surface area is 126 Å². The second-order valence-electron chi connectivity index (χ2n) is 4.99. The van der Waals surface area contributed by atoms with Gasteiger partial charge in [0.1, 0.15) is 17.4 Å². The number of rotatable bonds is 3. The highest BCUT2D eigenvalue weighted by Crippen LogP contribution is 2.21. The fourth-order valence-electron chi connectivity index (χ4n) is 2.22. The molecule has 0 unspecified atom stereocenters. The number of benzene rings is 1. The number of hydrogen-bond donors (Lipinski definition) is 0. The van der Waals surface area contributed by atoms with Gasteiger partial charge in [-0.15, -0.1) is 0 Å². The minimum atomic E-state index is -0.687. The molecule has 3 aromatic rings. The second-order valence-corrected chi connectivity index (χ2v) is 4.99. The molecule has 1 aromatic carbocycles. The molecule has 0 aliphatic heterocycles. The molecule has 0 aliphatic rings. The molecule has 22 heavy (non-hydrogen) atoms. The topological polar surface area (TPSA) is 57.0 Å². The van der Waals surface area contributed by atoms with Crippen LogP contribution < -0.4 is 0 Å². The molecular formula is C16H14FN3O2. The summed E-state index contributed by atoms with van der Waals surface area (Å²) in [4.78, 5) is 20.5. The fourth-order valence-corrected chi connectivity index (χ4v) is 2.22. The third-order valence-corrected chi connectivity index (χ3v) is 3.41. The molecule has 0 saturated heterocycles. The predicted octanol–water partition coefficient (Wildman–Crippen LogP) is 3.03. The van der Waals surface area contributed by atoms with Gasteiger partial charge in [-0.3, -0.25) is 0 Å². The summed E-state index contributed by atoms with van der Waals surface area (Å²) < 4.78 is 20.7. The molecule has 0 radical (unpaired) electrons. The van der Waals surface area contributed by atoms with Crippen LogP contribution in [0.15, 0.2) is 42.9 Å². The minimum Gasteiger partial charge on any atom is -0.454 e. The van der Waals surface area contributed by atoms with E-state index in [0.29, 0.717) is 16.7 Å². The molecule has 2 heterocycles. The van der Waals surface area contributed by atoms with E-state index in [1.165, 1.54) is 12.3 Å². The van der Waals surface area contributed by atoms with Crippen LogP contribution in [-0.2, 0) is 11.8 Å². The molecule has 112 valence electrons. The van der Waals surface area contributed by atoms with Crippen LogP contribution in [0.2, 0.25) is 0 Å². The standard InChI is InChI=1S/C16H14FN3O2/c1-10(12-5-3-4-6-13(12)17)22-16(21)11-7-14-15(18-8-11)20(2)9-19-14/h3-10H,1-2H3/t10-/m0/s1. The van der Waals surface area contributed by atoms with Crippen LogP contribution >= 0.6 is 0 Å². The van der Waals surface area contributed by atoms with Crippen LogP contribution in [0.5, 0.6) is 0 Å². The first-order chi connectivity index (χ1) is 10.6. The van der Waals surface area contributed by atoms with E-state index in [1.54, 1.807) is 42.1 Å². The number of carbonyl (C=O) groups excluding carboxylic acids is 1. The lowest BCUT2D eigenvalue weighted by Gasteiger charge is -2.14. The van der Waals surface area contributed by atoms with Gasteiger partial charge in [0.15, 0.2) is 5.65 Å². The molecule has 0 saturated carbocycles. The Morgan fingerprint density at radius 2 is 2.09 bits per heavy atom. The van der Waals surface area contributed by atoms with E-state index >= 15 is 0 Å². The van der Waals surface area contributed by atoms with Crippen molar-refractivity contribution in [1.82, 2.24) is 14.5 Å². The van der Waals surface area contributed by atoms with Crippen molar-refractivity contribution in [2.45, 2.75) is 13.0 Å². The Balaban J connectivity index is 1.82. The highest BCUT2D eigenvalue weighted by atomic mass is 19.1. The van der Waals surface area contributed by atoms with Gasteiger partial charge in [-0.05, 0) is 19.1 Å². The zero-order valence-electron chi connectivity index (χ0n) is 12.2. The summed E-state index contributed by atoms with van der Waals surface area (Å²) in [6.45, 7) is 1.63.